The summed E-state index contributed by atoms with van der Waals surface area (Å²) in [6.07, 6.45) is 3.21. The lowest BCUT2D eigenvalue weighted by atomic mass is 9.94. The van der Waals surface area contributed by atoms with E-state index in [1.54, 1.807) is 30.6 Å². The van der Waals surface area contributed by atoms with Crippen LogP contribution in [0.2, 0.25) is 0 Å². The Kier molecular flexibility index (Phi) is 4.70. The molecule has 2 aromatic heterocycles. The van der Waals surface area contributed by atoms with Gasteiger partial charge >= 0.3 is 5.91 Å². The number of carbonyl (C=O) groups is 2. The summed E-state index contributed by atoms with van der Waals surface area (Å²) in [4.78, 5) is 40.1. The van der Waals surface area contributed by atoms with Gasteiger partial charge in [-0.05, 0) is 47.0 Å². The van der Waals surface area contributed by atoms with Crippen LogP contribution in [-0.2, 0) is 9.59 Å². The number of H-pyrrole nitrogens is 1. The number of ketones is 1. The van der Waals surface area contributed by atoms with Gasteiger partial charge in [-0.25, -0.2) is 4.98 Å². The number of hydrogen-bond acceptors (Lipinski definition) is 5. The predicted octanol–water partition coefficient (Wildman–Crippen LogP) is 5.05. The van der Waals surface area contributed by atoms with Crippen LogP contribution in [0.1, 0.15) is 22.7 Å². The topological polar surface area (TPSA) is 99.2 Å². The van der Waals surface area contributed by atoms with Crippen LogP contribution >= 0.6 is 0 Å². The van der Waals surface area contributed by atoms with Crippen LogP contribution in [0.3, 0.4) is 0 Å². The monoisotopic (exact) mass is 460 g/mol. The van der Waals surface area contributed by atoms with Gasteiger partial charge in [-0.2, -0.15) is 0 Å². The zero-order valence-corrected chi connectivity index (χ0v) is 18.8. The quantitative estimate of drug-likeness (QED) is 0.223. The first-order valence-corrected chi connectivity index (χ1v) is 11.2. The molecule has 5 aromatic rings. The number of fused-ring (bicyclic) bond motifs is 2. The van der Waals surface area contributed by atoms with Gasteiger partial charge in [-0.3, -0.25) is 19.5 Å². The molecule has 1 unspecified atom stereocenters. The fourth-order valence-corrected chi connectivity index (χ4v) is 4.71. The minimum atomic E-state index is -0.899. The average molecular weight is 460 g/mol. The maximum atomic E-state index is 13.4. The van der Waals surface area contributed by atoms with Gasteiger partial charge in [-0.15, -0.1) is 0 Å². The number of Topliss-reactive ketones (excluding diaryl/α,β-unsaturated/α-hetero) is 1. The molecule has 3 heterocycles. The van der Waals surface area contributed by atoms with E-state index in [-0.39, 0.29) is 17.3 Å². The smallest absolute Gasteiger partial charge is 0.302 e. The minimum absolute atomic E-state index is 0.00371. The highest BCUT2D eigenvalue weighted by atomic mass is 16.3. The van der Waals surface area contributed by atoms with Crippen LogP contribution in [-0.4, -0.2) is 31.7 Å². The van der Waals surface area contributed by atoms with Gasteiger partial charge in [0.15, 0.2) is 0 Å². The van der Waals surface area contributed by atoms with Gasteiger partial charge in [-0.1, -0.05) is 54.6 Å². The number of nitrogens with zero attached hydrogens (tertiary/aromatic N) is 3. The summed E-state index contributed by atoms with van der Waals surface area (Å²) >= 11 is 0. The van der Waals surface area contributed by atoms with Crippen molar-refractivity contribution in [1.29, 1.82) is 0 Å². The number of rotatable bonds is 3. The second kappa shape index (κ2) is 7.92. The highest BCUT2D eigenvalue weighted by Gasteiger charge is 2.48. The number of aryl methyl sites for hydroxylation is 1. The number of pyridine rings is 1. The van der Waals surface area contributed by atoms with Gasteiger partial charge in [0.05, 0.1) is 22.6 Å². The molecular formula is C28H20N4O3. The second-order valence-electron chi connectivity index (χ2n) is 8.56. The molecule has 170 valence electrons. The number of imidazole rings is 1. The first-order valence-electron chi connectivity index (χ1n) is 11.2. The molecule has 7 heteroatoms. The van der Waals surface area contributed by atoms with Crippen LogP contribution < -0.4 is 4.90 Å². The molecule has 6 rings (SSSR count). The summed E-state index contributed by atoms with van der Waals surface area (Å²) in [5.74, 6) is -1.54. The van der Waals surface area contributed by atoms with Crippen molar-refractivity contribution in [1.82, 2.24) is 15.0 Å². The van der Waals surface area contributed by atoms with Crippen molar-refractivity contribution >= 4 is 45.2 Å². The molecule has 0 spiro atoms. The van der Waals surface area contributed by atoms with Crippen molar-refractivity contribution in [3.8, 4) is 0 Å². The third-order valence-electron chi connectivity index (χ3n) is 6.34. The first-order chi connectivity index (χ1) is 17.0. The van der Waals surface area contributed by atoms with Crippen molar-refractivity contribution in [2.45, 2.75) is 13.0 Å². The molecule has 1 saturated heterocycles. The van der Waals surface area contributed by atoms with Crippen molar-refractivity contribution in [2.24, 2.45) is 0 Å². The number of aromatic nitrogens is 3. The number of amides is 1. The van der Waals surface area contributed by atoms with Gasteiger partial charge in [0.2, 0.25) is 5.95 Å². The molecule has 7 nitrogen and oxygen atoms in total. The van der Waals surface area contributed by atoms with E-state index in [0.29, 0.717) is 16.6 Å². The predicted molar refractivity (Wildman–Crippen MR) is 134 cm³/mol. The second-order valence-corrected chi connectivity index (χ2v) is 8.56. The van der Waals surface area contributed by atoms with E-state index < -0.39 is 17.7 Å². The molecule has 0 saturated carbocycles. The van der Waals surface area contributed by atoms with Gasteiger partial charge < -0.3 is 10.1 Å². The van der Waals surface area contributed by atoms with Crippen LogP contribution in [0.25, 0.3) is 27.6 Å². The third-order valence-corrected chi connectivity index (χ3v) is 6.34. The molecule has 2 N–H and O–H groups in total. The lowest BCUT2D eigenvalue weighted by Gasteiger charge is -2.22. The number of nitrogens with one attached hydrogen (secondary N) is 1. The van der Waals surface area contributed by atoms with Crippen LogP contribution in [0.15, 0.2) is 90.8 Å². The molecule has 0 aliphatic carbocycles. The molecule has 1 aliphatic heterocycles. The molecule has 1 atom stereocenters. The molecule has 3 aromatic carbocycles. The van der Waals surface area contributed by atoms with Gasteiger partial charge in [0.1, 0.15) is 5.76 Å². The maximum Gasteiger partial charge on any atom is 0.302 e. The van der Waals surface area contributed by atoms with Crippen LogP contribution in [0.4, 0.5) is 5.95 Å². The number of anilines is 1. The van der Waals surface area contributed by atoms with E-state index in [0.717, 1.165) is 21.9 Å². The maximum absolute atomic E-state index is 13.4. The van der Waals surface area contributed by atoms with E-state index in [2.05, 4.69) is 15.0 Å². The Bertz CT molecular complexity index is 1660. The highest BCUT2D eigenvalue weighted by molar-refractivity contribution is 6.51. The zero-order valence-electron chi connectivity index (χ0n) is 18.8. The summed E-state index contributed by atoms with van der Waals surface area (Å²) < 4.78 is 0. The first kappa shape index (κ1) is 20.8. The Labute approximate surface area is 200 Å². The van der Waals surface area contributed by atoms with E-state index in [9.17, 15) is 14.7 Å². The summed E-state index contributed by atoms with van der Waals surface area (Å²) in [5.41, 5.74) is 3.53. The molecular weight excluding hydrogens is 440 g/mol. The number of hydrogen-bond donors (Lipinski definition) is 2. The highest BCUT2D eigenvalue weighted by Crippen LogP contribution is 2.42. The molecule has 35 heavy (non-hydrogen) atoms. The number of benzene rings is 3. The van der Waals surface area contributed by atoms with E-state index in [4.69, 9.17) is 0 Å². The SMILES string of the molecule is Cc1ccc2nc(N3C(=O)C(=O)/C(=C(/O)c4cccc5ccccc45)C3c3cccnc3)[nH]c2c1. The Morgan fingerprint density at radius 3 is 2.66 bits per heavy atom. The minimum Gasteiger partial charge on any atom is -0.507 e. The largest absolute Gasteiger partial charge is 0.507 e. The summed E-state index contributed by atoms with van der Waals surface area (Å²) in [6.45, 7) is 1.96. The standard InChI is InChI=1S/C28H20N4O3/c1-16-11-12-21-22(14-16)31-28(30-21)32-24(18-8-5-13-29-15-18)23(26(34)27(32)35)25(33)20-10-4-7-17-6-2-3-9-19(17)20/h2-15,24,33H,1H3,(H,30,31)/b25-23+. The Balaban J connectivity index is 1.60. The van der Waals surface area contributed by atoms with Crippen molar-refractivity contribution < 1.29 is 14.7 Å². The molecule has 0 radical (unpaired) electrons. The number of aliphatic hydroxyl groups is 1. The average Bonchev–Trinajstić information content (AvgIpc) is 3.41. The van der Waals surface area contributed by atoms with E-state index in [1.165, 1.54) is 4.90 Å². The Morgan fingerprint density at radius 2 is 1.83 bits per heavy atom. The van der Waals surface area contributed by atoms with Crippen molar-refractivity contribution in [3.63, 3.8) is 0 Å². The van der Waals surface area contributed by atoms with Crippen LogP contribution in [0.5, 0.6) is 0 Å². The van der Waals surface area contributed by atoms with E-state index in [1.807, 2.05) is 61.5 Å². The molecule has 0 bridgehead atoms. The summed E-state index contributed by atoms with van der Waals surface area (Å²) in [5, 5.41) is 13.2. The Morgan fingerprint density at radius 1 is 1.00 bits per heavy atom. The van der Waals surface area contributed by atoms with Gasteiger partial charge in [0, 0.05) is 18.0 Å². The normalized spacial score (nSPS) is 17.5. The number of aromatic amines is 1. The molecule has 1 amide bonds. The summed E-state index contributed by atoms with van der Waals surface area (Å²) in [6, 6.07) is 21.4. The molecule has 1 aliphatic rings. The number of aliphatic hydroxyl groups excluding tert-OH is 1. The zero-order chi connectivity index (χ0) is 24.1. The van der Waals surface area contributed by atoms with Crippen LogP contribution in [0, 0.1) is 6.92 Å². The van der Waals surface area contributed by atoms with Crippen molar-refractivity contribution in [3.05, 3.63) is 107 Å². The van der Waals surface area contributed by atoms with Crippen molar-refractivity contribution in [2.75, 3.05) is 4.90 Å². The fraction of sp³-hybridized carbons (Fsp3) is 0.0714. The fourth-order valence-electron chi connectivity index (χ4n) is 4.71. The number of carbonyl (C=O) groups excluding carboxylic acids is 2. The van der Waals surface area contributed by atoms with Gasteiger partial charge in [0.25, 0.3) is 5.78 Å². The summed E-state index contributed by atoms with van der Waals surface area (Å²) in [7, 11) is 0. The lowest BCUT2D eigenvalue weighted by molar-refractivity contribution is -0.132. The third kappa shape index (κ3) is 3.28. The Hall–Kier alpha value is -4.78. The lowest BCUT2D eigenvalue weighted by Crippen LogP contribution is -2.30. The molecule has 1 fully saturated rings. The van der Waals surface area contributed by atoms with E-state index >= 15 is 0 Å².